The molecule has 0 heterocycles. The van der Waals surface area contributed by atoms with Crippen LogP contribution in [0.2, 0.25) is 0 Å². The van der Waals surface area contributed by atoms with E-state index < -0.39 is 5.97 Å². The number of rotatable bonds is 5. The maximum atomic E-state index is 11.6. The zero-order valence-corrected chi connectivity index (χ0v) is 10.3. The van der Waals surface area contributed by atoms with Crippen LogP contribution in [0.1, 0.15) is 17.3 Å². The number of ether oxygens (including phenoxy) is 2. The van der Waals surface area contributed by atoms with Gasteiger partial charge in [0.2, 0.25) is 0 Å². The van der Waals surface area contributed by atoms with Crippen molar-refractivity contribution < 1.29 is 14.3 Å². The van der Waals surface area contributed by atoms with E-state index in [1.807, 2.05) is 6.92 Å². The highest BCUT2D eigenvalue weighted by Crippen LogP contribution is 2.24. The van der Waals surface area contributed by atoms with E-state index in [1.54, 1.807) is 25.3 Å². The van der Waals surface area contributed by atoms with Gasteiger partial charge in [0.1, 0.15) is 0 Å². The molecule has 1 atom stereocenters. The van der Waals surface area contributed by atoms with Crippen molar-refractivity contribution in [3.63, 3.8) is 0 Å². The average molecular weight is 238 g/mol. The topological polar surface area (TPSA) is 73.6 Å². The van der Waals surface area contributed by atoms with E-state index in [2.05, 4.69) is 5.32 Å². The van der Waals surface area contributed by atoms with E-state index in [1.165, 1.54) is 7.11 Å². The van der Waals surface area contributed by atoms with Gasteiger partial charge in [0.05, 0.1) is 30.7 Å². The number of anilines is 2. The van der Waals surface area contributed by atoms with Crippen molar-refractivity contribution in [2.75, 3.05) is 31.9 Å². The maximum absolute atomic E-state index is 11.6. The molecule has 0 aliphatic heterocycles. The Balaban J connectivity index is 2.99. The summed E-state index contributed by atoms with van der Waals surface area (Å²) in [6, 6.07) is 5.17. The van der Waals surface area contributed by atoms with Gasteiger partial charge >= 0.3 is 5.97 Å². The van der Waals surface area contributed by atoms with Crippen LogP contribution in [0.5, 0.6) is 0 Å². The van der Waals surface area contributed by atoms with E-state index >= 15 is 0 Å². The van der Waals surface area contributed by atoms with Crippen LogP contribution in [-0.2, 0) is 9.47 Å². The van der Waals surface area contributed by atoms with Crippen LogP contribution in [0.4, 0.5) is 11.4 Å². The molecule has 5 nitrogen and oxygen atoms in total. The van der Waals surface area contributed by atoms with Crippen molar-refractivity contribution in [2.24, 2.45) is 0 Å². The second kappa shape index (κ2) is 6.10. The molecular formula is C12H18N2O3. The summed E-state index contributed by atoms with van der Waals surface area (Å²) in [7, 11) is 2.96. The third-order valence-corrected chi connectivity index (χ3v) is 2.31. The maximum Gasteiger partial charge on any atom is 0.340 e. The molecule has 0 aromatic heterocycles. The molecule has 0 fully saturated rings. The normalized spacial score (nSPS) is 11.9. The van der Waals surface area contributed by atoms with Gasteiger partial charge in [0, 0.05) is 13.2 Å². The summed E-state index contributed by atoms with van der Waals surface area (Å²) in [5, 5.41) is 3.14. The lowest BCUT2D eigenvalue weighted by molar-refractivity contribution is 0.0601. The molecule has 0 amide bonds. The fourth-order valence-electron chi connectivity index (χ4n) is 1.55. The smallest absolute Gasteiger partial charge is 0.340 e. The number of nitrogen functional groups attached to an aromatic ring is 1. The minimum absolute atomic E-state index is 0.0492. The Morgan fingerprint density at radius 3 is 2.76 bits per heavy atom. The third kappa shape index (κ3) is 3.35. The van der Waals surface area contributed by atoms with Gasteiger partial charge < -0.3 is 20.5 Å². The molecule has 0 saturated carbocycles. The summed E-state index contributed by atoms with van der Waals surface area (Å²) < 4.78 is 9.73. The number of carbonyl (C=O) groups excluding carboxylic acids is 1. The third-order valence-electron chi connectivity index (χ3n) is 2.31. The fourth-order valence-corrected chi connectivity index (χ4v) is 1.55. The molecule has 1 aromatic carbocycles. The molecule has 5 heteroatoms. The van der Waals surface area contributed by atoms with Crippen LogP contribution in [0.25, 0.3) is 0 Å². The Kier molecular flexibility index (Phi) is 4.78. The van der Waals surface area contributed by atoms with Crippen LogP contribution in [0, 0.1) is 0 Å². The molecule has 0 radical (unpaired) electrons. The van der Waals surface area contributed by atoms with Crippen LogP contribution in [-0.4, -0.2) is 32.8 Å². The summed E-state index contributed by atoms with van der Waals surface area (Å²) in [4.78, 5) is 11.6. The largest absolute Gasteiger partial charge is 0.465 e. The number of esters is 1. The Morgan fingerprint density at radius 2 is 2.18 bits per heavy atom. The highest BCUT2D eigenvalue weighted by Gasteiger charge is 2.15. The summed E-state index contributed by atoms with van der Waals surface area (Å²) >= 11 is 0. The summed E-state index contributed by atoms with van der Waals surface area (Å²) in [5.41, 5.74) is 7.37. The van der Waals surface area contributed by atoms with Crippen LogP contribution >= 0.6 is 0 Å². The first-order chi connectivity index (χ1) is 8.10. The van der Waals surface area contributed by atoms with Gasteiger partial charge in [-0.2, -0.15) is 0 Å². The van der Waals surface area contributed by atoms with Crippen LogP contribution < -0.4 is 11.1 Å². The molecule has 3 N–H and O–H groups in total. The van der Waals surface area contributed by atoms with Gasteiger partial charge in [-0.25, -0.2) is 4.79 Å². The molecule has 0 aliphatic rings. The SMILES string of the molecule is COCC(C)Nc1c(N)cccc1C(=O)OC. The van der Waals surface area contributed by atoms with Crippen molar-refractivity contribution in [3.05, 3.63) is 23.8 Å². The second-order valence-electron chi connectivity index (χ2n) is 3.76. The van der Waals surface area contributed by atoms with Crippen LogP contribution in [0.3, 0.4) is 0 Å². The lowest BCUT2D eigenvalue weighted by Gasteiger charge is -2.18. The van der Waals surface area contributed by atoms with E-state index in [9.17, 15) is 4.79 Å². The number of nitrogens with two attached hydrogens (primary N) is 1. The van der Waals surface area contributed by atoms with Gasteiger partial charge in [0.15, 0.2) is 0 Å². The van der Waals surface area contributed by atoms with Crippen LogP contribution in [0.15, 0.2) is 18.2 Å². The predicted molar refractivity (Wildman–Crippen MR) is 67.2 cm³/mol. The van der Waals surface area contributed by atoms with Gasteiger partial charge in [-0.1, -0.05) is 6.07 Å². The lowest BCUT2D eigenvalue weighted by atomic mass is 10.1. The number of benzene rings is 1. The van der Waals surface area contributed by atoms with Crippen molar-refractivity contribution in [2.45, 2.75) is 13.0 Å². The molecule has 0 spiro atoms. The predicted octanol–water partition coefficient (Wildman–Crippen LogP) is 1.50. The molecule has 94 valence electrons. The Morgan fingerprint density at radius 1 is 1.47 bits per heavy atom. The summed E-state index contributed by atoms with van der Waals surface area (Å²) in [5.74, 6) is -0.413. The quantitative estimate of drug-likeness (QED) is 0.600. The Labute approximate surface area is 101 Å². The number of nitrogens with one attached hydrogen (secondary N) is 1. The van der Waals surface area contributed by atoms with Crippen molar-refractivity contribution >= 4 is 17.3 Å². The van der Waals surface area contributed by atoms with Gasteiger partial charge in [-0.15, -0.1) is 0 Å². The zero-order valence-electron chi connectivity index (χ0n) is 10.3. The number of carbonyl (C=O) groups is 1. The minimum atomic E-state index is -0.413. The van der Waals surface area contributed by atoms with Crippen molar-refractivity contribution in [3.8, 4) is 0 Å². The van der Waals surface area contributed by atoms with Gasteiger partial charge in [-0.05, 0) is 19.1 Å². The highest BCUT2D eigenvalue weighted by atomic mass is 16.5. The average Bonchev–Trinajstić information content (AvgIpc) is 2.31. The summed E-state index contributed by atoms with van der Waals surface area (Å²) in [6.45, 7) is 2.46. The van der Waals surface area contributed by atoms with E-state index in [4.69, 9.17) is 15.2 Å². The lowest BCUT2D eigenvalue weighted by Crippen LogP contribution is -2.23. The Bertz CT molecular complexity index is 393. The monoisotopic (exact) mass is 238 g/mol. The number of methoxy groups -OCH3 is 2. The van der Waals surface area contributed by atoms with Crippen molar-refractivity contribution in [1.29, 1.82) is 0 Å². The molecule has 1 rings (SSSR count). The van der Waals surface area contributed by atoms with E-state index in [0.717, 1.165) is 0 Å². The van der Waals surface area contributed by atoms with Crippen molar-refractivity contribution in [1.82, 2.24) is 0 Å². The molecule has 1 aromatic rings. The second-order valence-corrected chi connectivity index (χ2v) is 3.76. The molecular weight excluding hydrogens is 220 g/mol. The standard InChI is InChI=1S/C12H18N2O3/c1-8(7-16-2)14-11-9(12(15)17-3)5-4-6-10(11)13/h4-6,8,14H,7,13H2,1-3H3. The molecule has 0 saturated heterocycles. The van der Waals surface area contributed by atoms with Gasteiger partial charge in [0.25, 0.3) is 0 Å². The Hall–Kier alpha value is -1.75. The molecule has 1 unspecified atom stereocenters. The number of hydrogen-bond donors (Lipinski definition) is 2. The number of hydrogen-bond acceptors (Lipinski definition) is 5. The van der Waals surface area contributed by atoms with E-state index in [0.29, 0.717) is 23.5 Å². The number of para-hydroxylation sites is 1. The molecule has 17 heavy (non-hydrogen) atoms. The highest BCUT2D eigenvalue weighted by molar-refractivity contribution is 5.98. The zero-order chi connectivity index (χ0) is 12.8. The minimum Gasteiger partial charge on any atom is -0.465 e. The molecule has 0 aliphatic carbocycles. The van der Waals surface area contributed by atoms with Gasteiger partial charge in [-0.3, -0.25) is 0 Å². The molecule has 0 bridgehead atoms. The first kappa shape index (κ1) is 13.3. The first-order valence-electron chi connectivity index (χ1n) is 5.32. The van der Waals surface area contributed by atoms with E-state index in [-0.39, 0.29) is 6.04 Å². The summed E-state index contributed by atoms with van der Waals surface area (Å²) in [6.07, 6.45) is 0. The fraction of sp³-hybridized carbons (Fsp3) is 0.417. The first-order valence-corrected chi connectivity index (χ1v) is 5.32.